The zero-order valence-corrected chi connectivity index (χ0v) is 12.3. The zero-order chi connectivity index (χ0) is 14.3. The first-order valence-corrected chi connectivity index (χ1v) is 6.46. The van der Waals surface area contributed by atoms with Crippen molar-refractivity contribution in [2.75, 3.05) is 7.11 Å². The highest BCUT2D eigenvalue weighted by atomic mass is 16.7. The molecule has 19 heavy (non-hydrogen) atoms. The van der Waals surface area contributed by atoms with E-state index < -0.39 is 7.12 Å². The van der Waals surface area contributed by atoms with E-state index in [1.807, 2.05) is 52.0 Å². The molecule has 1 aliphatic rings. The van der Waals surface area contributed by atoms with Crippen molar-refractivity contribution in [3.63, 3.8) is 0 Å². The van der Waals surface area contributed by atoms with Crippen LogP contribution in [0.25, 0.3) is 5.47 Å². The minimum absolute atomic E-state index is 0.340. The minimum Gasteiger partial charge on any atom is -0.497 e. The third kappa shape index (κ3) is 2.56. The molecule has 3 nitrogen and oxygen atoms in total. The van der Waals surface area contributed by atoms with Crippen LogP contribution in [0, 0.1) is 0 Å². The summed E-state index contributed by atoms with van der Waals surface area (Å²) in [7, 11) is 1.25. The standard InChI is InChI=1S/C15H21BO3/c1-11(12-7-9-13(17-6)10-8-12)16-18-14(2,3)15(4,5)19-16/h7-10H,1H2,2-6H3. The molecule has 0 aromatic heterocycles. The summed E-state index contributed by atoms with van der Waals surface area (Å²) in [4.78, 5) is 0. The maximum absolute atomic E-state index is 5.98. The van der Waals surface area contributed by atoms with E-state index in [1.165, 1.54) is 0 Å². The molecule has 0 bridgehead atoms. The number of hydrogen-bond donors (Lipinski definition) is 0. The second-order valence-electron chi connectivity index (χ2n) is 5.84. The van der Waals surface area contributed by atoms with Gasteiger partial charge in [-0.05, 0) is 50.9 Å². The van der Waals surface area contributed by atoms with Gasteiger partial charge in [-0.3, -0.25) is 0 Å². The molecule has 1 heterocycles. The molecule has 0 spiro atoms. The van der Waals surface area contributed by atoms with Crippen molar-refractivity contribution < 1.29 is 14.0 Å². The molecule has 0 saturated carbocycles. The van der Waals surface area contributed by atoms with Gasteiger partial charge >= 0.3 is 7.12 Å². The first-order valence-electron chi connectivity index (χ1n) is 6.46. The lowest BCUT2D eigenvalue weighted by atomic mass is 9.75. The van der Waals surface area contributed by atoms with Gasteiger partial charge in [0.25, 0.3) is 0 Å². The van der Waals surface area contributed by atoms with Crippen LogP contribution >= 0.6 is 0 Å². The Hall–Kier alpha value is -1.26. The molecule has 0 aliphatic carbocycles. The van der Waals surface area contributed by atoms with Crippen LogP contribution < -0.4 is 4.74 Å². The van der Waals surface area contributed by atoms with Crippen LogP contribution in [0.5, 0.6) is 5.75 Å². The smallest absolute Gasteiger partial charge is 0.494 e. The van der Waals surface area contributed by atoms with E-state index in [0.29, 0.717) is 0 Å². The third-order valence-electron chi connectivity index (χ3n) is 4.00. The largest absolute Gasteiger partial charge is 0.497 e. The van der Waals surface area contributed by atoms with E-state index in [4.69, 9.17) is 14.0 Å². The first kappa shape index (κ1) is 14.2. The SMILES string of the molecule is C=C(B1OC(C)(C)C(C)(C)O1)c1ccc(OC)cc1. The van der Waals surface area contributed by atoms with Crippen LogP contribution in [-0.2, 0) is 9.31 Å². The highest BCUT2D eigenvalue weighted by Gasteiger charge is 2.52. The van der Waals surface area contributed by atoms with Gasteiger partial charge in [-0.1, -0.05) is 18.7 Å². The first-order chi connectivity index (χ1) is 8.77. The summed E-state index contributed by atoms with van der Waals surface area (Å²) < 4.78 is 17.1. The van der Waals surface area contributed by atoms with Gasteiger partial charge in [-0.2, -0.15) is 0 Å². The lowest BCUT2D eigenvalue weighted by Gasteiger charge is -2.32. The molecule has 2 rings (SSSR count). The molecule has 0 N–H and O–H groups in total. The predicted molar refractivity (Wildman–Crippen MR) is 78.1 cm³/mol. The van der Waals surface area contributed by atoms with Gasteiger partial charge in [0.2, 0.25) is 0 Å². The van der Waals surface area contributed by atoms with Gasteiger partial charge in [0.05, 0.1) is 18.3 Å². The quantitative estimate of drug-likeness (QED) is 0.780. The predicted octanol–water partition coefficient (Wildman–Crippen LogP) is 3.34. The monoisotopic (exact) mass is 260 g/mol. The van der Waals surface area contributed by atoms with Crippen molar-refractivity contribution in [2.24, 2.45) is 0 Å². The summed E-state index contributed by atoms with van der Waals surface area (Å²) in [6.45, 7) is 12.2. The highest BCUT2D eigenvalue weighted by molar-refractivity contribution is 6.68. The van der Waals surface area contributed by atoms with Gasteiger partial charge < -0.3 is 14.0 Å². The molecule has 1 aliphatic heterocycles. The molecule has 1 aromatic carbocycles. The molecular weight excluding hydrogens is 239 g/mol. The maximum Gasteiger partial charge on any atom is 0.494 e. The Balaban J connectivity index is 2.17. The summed E-state index contributed by atoms with van der Waals surface area (Å²) in [5.74, 6) is 0.825. The van der Waals surface area contributed by atoms with E-state index in [9.17, 15) is 0 Å². The van der Waals surface area contributed by atoms with Gasteiger partial charge in [0.1, 0.15) is 5.75 Å². The molecule has 1 aromatic rings. The van der Waals surface area contributed by atoms with Crippen LogP contribution in [0.1, 0.15) is 33.3 Å². The topological polar surface area (TPSA) is 27.7 Å². The second-order valence-corrected chi connectivity index (χ2v) is 5.84. The Labute approximate surface area is 115 Å². The van der Waals surface area contributed by atoms with E-state index >= 15 is 0 Å². The summed E-state index contributed by atoms with van der Waals surface area (Å²) in [5.41, 5.74) is 1.15. The van der Waals surface area contributed by atoms with Gasteiger partial charge in [0, 0.05) is 0 Å². The van der Waals surface area contributed by atoms with Crippen molar-refractivity contribution in [2.45, 2.75) is 38.9 Å². The molecule has 0 atom stereocenters. The van der Waals surface area contributed by atoms with Gasteiger partial charge in [0.15, 0.2) is 0 Å². The van der Waals surface area contributed by atoms with Crippen LogP contribution in [0.2, 0.25) is 0 Å². The van der Waals surface area contributed by atoms with Crippen LogP contribution in [0.15, 0.2) is 30.8 Å². The summed E-state index contributed by atoms with van der Waals surface area (Å²) in [5, 5.41) is 0. The molecule has 1 fully saturated rings. The highest BCUT2D eigenvalue weighted by Crippen LogP contribution is 2.40. The zero-order valence-electron chi connectivity index (χ0n) is 12.3. The second kappa shape index (κ2) is 4.69. The average molecular weight is 260 g/mol. The van der Waals surface area contributed by atoms with E-state index in [0.717, 1.165) is 16.8 Å². The van der Waals surface area contributed by atoms with Gasteiger partial charge in [-0.25, -0.2) is 0 Å². The fraction of sp³-hybridized carbons (Fsp3) is 0.467. The Morgan fingerprint density at radius 1 is 1.05 bits per heavy atom. The Morgan fingerprint density at radius 3 is 1.95 bits per heavy atom. The number of methoxy groups -OCH3 is 1. The molecule has 102 valence electrons. The van der Waals surface area contributed by atoms with Crippen molar-refractivity contribution in [3.8, 4) is 5.75 Å². The normalized spacial score (nSPS) is 20.4. The van der Waals surface area contributed by atoms with Crippen LogP contribution in [0.4, 0.5) is 0 Å². The Bertz CT molecular complexity index is 461. The molecule has 0 unspecified atom stereocenters. The van der Waals surface area contributed by atoms with Crippen molar-refractivity contribution in [1.29, 1.82) is 0 Å². The summed E-state index contributed by atoms with van der Waals surface area (Å²) in [6.07, 6.45) is 0. The fourth-order valence-electron chi connectivity index (χ4n) is 1.93. The number of ether oxygens (including phenoxy) is 1. The lowest BCUT2D eigenvalue weighted by Crippen LogP contribution is -2.41. The number of benzene rings is 1. The fourth-order valence-corrected chi connectivity index (χ4v) is 1.93. The average Bonchev–Trinajstić information content (AvgIpc) is 2.58. The lowest BCUT2D eigenvalue weighted by molar-refractivity contribution is 0.00578. The summed E-state index contributed by atoms with van der Waals surface area (Å²) in [6, 6.07) is 7.75. The summed E-state index contributed by atoms with van der Waals surface area (Å²) >= 11 is 0. The van der Waals surface area contributed by atoms with E-state index in [1.54, 1.807) is 7.11 Å². The van der Waals surface area contributed by atoms with E-state index in [-0.39, 0.29) is 11.2 Å². The molecule has 0 radical (unpaired) electrons. The maximum atomic E-state index is 5.98. The van der Waals surface area contributed by atoms with Crippen molar-refractivity contribution in [3.05, 3.63) is 36.4 Å². The van der Waals surface area contributed by atoms with Crippen molar-refractivity contribution in [1.82, 2.24) is 0 Å². The Kier molecular flexibility index (Phi) is 3.50. The molecule has 0 amide bonds. The molecule has 1 saturated heterocycles. The number of rotatable bonds is 3. The van der Waals surface area contributed by atoms with Crippen molar-refractivity contribution >= 4 is 12.6 Å². The van der Waals surface area contributed by atoms with E-state index in [2.05, 4.69) is 6.58 Å². The van der Waals surface area contributed by atoms with Gasteiger partial charge in [-0.15, -0.1) is 0 Å². The minimum atomic E-state index is -0.404. The van der Waals surface area contributed by atoms with Crippen LogP contribution in [-0.4, -0.2) is 25.4 Å². The Morgan fingerprint density at radius 2 is 1.53 bits per heavy atom. The van der Waals surface area contributed by atoms with Crippen LogP contribution in [0.3, 0.4) is 0 Å². The molecular formula is C15H21BO3. The molecule has 4 heteroatoms. The number of hydrogen-bond acceptors (Lipinski definition) is 3. The third-order valence-corrected chi connectivity index (χ3v) is 4.00.